The molecule has 6 aromatic carbocycles. The van der Waals surface area contributed by atoms with Crippen molar-refractivity contribution in [3.05, 3.63) is 164 Å². The third-order valence-corrected chi connectivity index (χ3v) is 9.48. The number of rotatable bonds is 5. The molecule has 0 radical (unpaired) electrons. The number of hydrogen-bond donors (Lipinski definition) is 0. The summed E-state index contributed by atoms with van der Waals surface area (Å²) in [6.07, 6.45) is 7.18. The van der Waals surface area contributed by atoms with Crippen molar-refractivity contribution in [2.24, 2.45) is 0 Å². The summed E-state index contributed by atoms with van der Waals surface area (Å²) in [5.74, 6) is 0. The lowest BCUT2D eigenvalue weighted by Crippen LogP contribution is -2.10. The summed E-state index contributed by atoms with van der Waals surface area (Å²) in [5, 5.41) is 6.69. The lowest BCUT2D eigenvalue weighted by Gasteiger charge is -2.27. The van der Waals surface area contributed by atoms with Crippen LogP contribution in [-0.2, 0) is 0 Å². The number of furan rings is 2. The standard InChI is InChI=1S/C44H27N3O2/c1-2-8-33-28(6-1)7-3-13-40(33)47(31-18-14-29(15-19-31)34-9-4-11-38-36-22-24-45-26-41(36)48-43(34)38)32-20-16-30(17-21-32)35-10-5-12-39-37-23-25-46-27-42(37)49-44(35)39/h1-27H. The first-order valence-corrected chi connectivity index (χ1v) is 16.3. The van der Waals surface area contributed by atoms with Crippen molar-refractivity contribution in [1.29, 1.82) is 0 Å². The van der Waals surface area contributed by atoms with E-state index in [9.17, 15) is 0 Å². The zero-order chi connectivity index (χ0) is 32.3. The number of pyridine rings is 2. The molecule has 0 atom stereocenters. The largest absolute Gasteiger partial charge is 0.454 e. The molecule has 5 nitrogen and oxygen atoms in total. The van der Waals surface area contributed by atoms with Crippen LogP contribution in [0.2, 0.25) is 0 Å². The van der Waals surface area contributed by atoms with Crippen molar-refractivity contribution < 1.29 is 8.83 Å². The molecule has 0 aliphatic heterocycles. The summed E-state index contributed by atoms with van der Waals surface area (Å²) in [4.78, 5) is 10.8. The highest BCUT2D eigenvalue weighted by Crippen LogP contribution is 2.42. The summed E-state index contributed by atoms with van der Waals surface area (Å²) < 4.78 is 12.6. The first kappa shape index (κ1) is 27.4. The van der Waals surface area contributed by atoms with E-state index in [1.54, 1.807) is 12.4 Å². The minimum Gasteiger partial charge on any atom is -0.454 e. The van der Waals surface area contributed by atoms with E-state index in [-0.39, 0.29) is 0 Å². The van der Waals surface area contributed by atoms with Gasteiger partial charge in [-0.15, -0.1) is 0 Å². The smallest absolute Gasteiger partial charge is 0.153 e. The van der Waals surface area contributed by atoms with Crippen LogP contribution in [0.1, 0.15) is 0 Å². The van der Waals surface area contributed by atoms with Crippen molar-refractivity contribution in [3.63, 3.8) is 0 Å². The first-order chi connectivity index (χ1) is 24.3. The van der Waals surface area contributed by atoms with Crippen LogP contribution < -0.4 is 4.90 Å². The highest BCUT2D eigenvalue weighted by molar-refractivity contribution is 6.10. The molecule has 0 aliphatic rings. The Balaban J connectivity index is 1.09. The Bertz CT molecular complexity index is 2670. The second-order valence-electron chi connectivity index (χ2n) is 12.2. The van der Waals surface area contributed by atoms with Gasteiger partial charge in [0, 0.05) is 61.8 Å². The number of benzene rings is 6. The number of anilines is 3. The second kappa shape index (κ2) is 10.9. The van der Waals surface area contributed by atoms with Gasteiger partial charge in [-0.2, -0.15) is 0 Å². The molecule has 4 heterocycles. The van der Waals surface area contributed by atoms with Gasteiger partial charge in [-0.05, 0) is 59.0 Å². The van der Waals surface area contributed by atoms with Crippen LogP contribution in [0.5, 0.6) is 0 Å². The molecule has 5 heteroatoms. The fourth-order valence-electron chi connectivity index (χ4n) is 7.17. The van der Waals surface area contributed by atoms with E-state index >= 15 is 0 Å². The quantitative estimate of drug-likeness (QED) is 0.190. The van der Waals surface area contributed by atoms with Crippen molar-refractivity contribution in [2.45, 2.75) is 0 Å². The van der Waals surface area contributed by atoms with Gasteiger partial charge in [0.05, 0.1) is 18.1 Å². The zero-order valence-electron chi connectivity index (χ0n) is 26.2. The average Bonchev–Trinajstić information content (AvgIpc) is 3.75. The molecule has 10 rings (SSSR count). The summed E-state index contributed by atoms with van der Waals surface area (Å²) in [6, 6.07) is 49.2. The van der Waals surface area contributed by atoms with E-state index in [2.05, 4.69) is 142 Å². The van der Waals surface area contributed by atoms with Crippen LogP contribution in [0.4, 0.5) is 17.1 Å². The molecule has 49 heavy (non-hydrogen) atoms. The van der Waals surface area contributed by atoms with E-state index in [0.717, 1.165) is 83.2 Å². The van der Waals surface area contributed by atoms with Crippen molar-refractivity contribution >= 4 is 71.7 Å². The topological polar surface area (TPSA) is 55.3 Å². The fraction of sp³-hybridized carbons (Fsp3) is 0. The molecule has 0 spiro atoms. The first-order valence-electron chi connectivity index (χ1n) is 16.3. The molecule has 0 unspecified atom stereocenters. The van der Waals surface area contributed by atoms with E-state index in [0.29, 0.717) is 0 Å². The normalized spacial score (nSPS) is 11.7. The van der Waals surface area contributed by atoms with Gasteiger partial charge in [-0.25, -0.2) is 0 Å². The fourth-order valence-corrected chi connectivity index (χ4v) is 7.17. The Morgan fingerprint density at radius 3 is 1.47 bits per heavy atom. The van der Waals surface area contributed by atoms with Gasteiger partial charge >= 0.3 is 0 Å². The predicted molar refractivity (Wildman–Crippen MR) is 200 cm³/mol. The Kier molecular flexibility index (Phi) is 6.11. The van der Waals surface area contributed by atoms with Crippen molar-refractivity contribution in [2.75, 3.05) is 4.90 Å². The molecule has 0 N–H and O–H groups in total. The Morgan fingerprint density at radius 2 is 0.898 bits per heavy atom. The van der Waals surface area contributed by atoms with Gasteiger partial charge in [-0.1, -0.05) is 97.1 Å². The van der Waals surface area contributed by atoms with Gasteiger partial charge in [-0.3, -0.25) is 9.97 Å². The van der Waals surface area contributed by atoms with Gasteiger partial charge in [0.15, 0.2) is 11.2 Å². The van der Waals surface area contributed by atoms with E-state index in [1.165, 1.54) is 10.8 Å². The summed E-state index contributed by atoms with van der Waals surface area (Å²) in [5.41, 5.74) is 10.8. The third-order valence-electron chi connectivity index (χ3n) is 9.48. The number of hydrogen-bond acceptors (Lipinski definition) is 5. The maximum absolute atomic E-state index is 6.31. The van der Waals surface area contributed by atoms with Crippen LogP contribution in [0, 0.1) is 0 Å². The third kappa shape index (κ3) is 4.40. The summed E-state index contributed by atoms with van der Waals surface area (Å²) in [6.45, 7) is 0. The van der Waals surface area contributed by atoms with Gasteiger partial charge in [0.2, 0.25) is 0 Å². The van der Waals surface area contributed by atoms with Crippen molar-refractivity contribution in [3.8, 4) is 22.3 Å². The summed E-state index contributed by atoms with van der Waals surface area (Å²) in [7, 11) is 0. The Hall–Kier alpha value is -6.72. The average molecular weight is 630 g/mol. The molecular formula is C44H27N3O2. The molecule has 0 saturated heterocycles. The SMILES string of the molecule is c1ccc2c(N(c3ccc(-c4cccc5c4oc4cnccc45)cc3)c3ccc(-c4cccc5c4oc4cnccc45)cc3)cccc2c1. The molecule has 230 valence electrons. The van der Waals surface area contributed by atoms with Crippen LogP contribution in [0.3, 0.4) is 0 Å². The lowest BCUT2D eigenvalue weighted by atomic mass is 10.0. The molecule has 0 aliphatic carbocycles. The molecule has 0 bridgehead atoms. The van der Waals surface area contributed by atoms with Crippen molar-refractivity contribution in [1.82, 2.24) is 9.97 Å². The highest BCUT2D eigenvalue weighted by atomic mass is 16.3. The second-order valence-corrected chi connectivity index (χ2v) is 12.2. The van der Waals surface area contributed by atoms with Crippen LogP contribution in [-0.4, -0.2) is 9.97 Å². The van der Waals surface area contributed by atoms with Gasteiger partial charge in [0.1, 0.15) is 11.2 Å². The minimum absolute atomic E-state index is 0.792. The molecule has 0 fully saturated rings. The monoisotopic (exact) mass is 629 g/mol. The summed E-state index contributed by atoms with van der Waals surface area (Å²) >= 11 is 0. The maximum atomic E-state index is 6.31. The molecule has 4 aromatic heterocycles. The van der Waals surface area contributed by atoms with Gasteiger partial charge in [0.25, 0.3) is 0 Å². The predicted octanol–water partition coefficient (Wildman–Crippen LogP) is 12.2. The van der Waals surface area contributed by atoms with E-state index in [4.69, 9.17) is 8.83 Å². The number of para-hydroxylation sites is 2. The van der Waals surface area contributed by atoms with Crippen LogP contribution in [0.25, 0.3) is 76.9 Å². The van der Waals surface area contributed by atoms with Crippen LogP contribution in [0.15, 0.2) is 173 Å². The molecule has 0 saturated carbocycles. The Labute approximate surface area is 281 Å². The number of fused-ring (bicyclic) bond motifs is 7. The minimum atomic E-state index is 0.792. The van der Waals surface area contributed by atoms with E-state index < -0.39 is 0 Å². The van der Waals surface area contributed by atoms with E-state index in [1.807, 2.05) is 24.5 Å². The maximum Gasteiger partial charge on any atom is 0.153 e. The lowest BCUT2D eigenvalue weighted by molar-refractivity contribution is 0.667. The molecule has 0 amide bonds. The van der Waals surface area contributed by atoms with Gasteiger partial charge < -0.3 is 13.7 Å². The number of nitrogens with zero attached hydrogens (tertiary/aromatic N) is 3. The van der Waals surface area contributed by atoms with Crippen LogP contribution >= 0.6 is 0 Å². The highest BCUT2D eigenvalue weighted by Gasteiger charge is 2.18. The molecular weight excluding hydrogens is 603 g/mol. The molecule has 10 aromatic rings. The number of aromatic nitrogens is 2. The Morgan fingerprint density at radius 1 is 0.408 bits per heavy atom. The zero-order valence-corrected chi connectivity index (χ0v) is 26.2.